The van der Waals surface area contributed by atoms with Crippen molar-refractivity contribution in [2.75, 3.05) is 0 Å². The van der Waals surface area contributed by atoms with Gasteiger partial charge in [-0.3, -0.25) is 4.79 Å². The molecule has 1 fully saturated rings. The van der Waals surface area contributed by atoms with Gasteiger partial charge in [-0.25, -0.2) is 0 Å². The molecule has 1 aliphatic rings. The fourth-order valence-corrected chi connectivity index (χ4v) is 2.33. The Hall–Kier alpha value is -0.830. The summed E-state index contributed by atoms with van der Waals surface area (Å²) in [4.78, 5) is 11.6. The van der Waals surface area contributed by atoms with E-state index in [1.807, 2.05) is 26.8 Å². The molecule has 1 saturated heterocycles. The molecule has 5 atom stereocenters. The molecular weight excluding hydrogens is 216 g/mol. The number of hydrogen-bond acceptors (Lipinski definition) is 3. The number of ether oxygens (including phenoxy) is 1. The molecule has 3 nitrogen and oxygen atoms in total. The topological polar surface area (TPSA) is 46.5 Å². The third kappa shape index (κ3) is 3.56. The standard InChI is InChI=1S/C14H24O3/c1-8(2)6-12(15)7-13-10(4)9(3)11(5)14(16)17-13/h6,9-13,15H,7H2,1-5H3/t9-,10+,11+,12+,13-/m0/s1. The second-order valence-electron chi connectivity index (χ2n) is 5.53. The molecule has 0 amide bonds. The van der Waals surface area contributed by atoms with Gasteiger partial charge in [0.2, 0.25) is 0 Å². The first-order chi connectivity index (χ1) is 7.82. The Morgan fingerprint density at radius 2 is 1.94 bits per heavy atom. The Bertz CT molecular complexity index is 305. The highest BCUT2D eigenvalue weighted by Gasteiger charge is 2.39. The van der Waals surface area contributed by atoms with E-state index in [0.717, 1.165) is 5.57 Å². The second kappa shape index (κ2) is 5.67. The number of carbonyl (C=O) groups is 1. The highest BCUT2D eigenvalue weighted by atomic mass is 16.5. The minimum atomic E-state index is -0.527. The molecule has 0 aromatic rings. The minimum absolute atomic E-state index is 0.0400. The van der Waals surface area contributed by atoms with Crippen LogP contribution in [0.15, 0.2) is 11.6 Å². The Morgan fingerprint density at radius 1 is 1.35 bits per heavy atom. The van der Waals surface area contributed by atoms with E-state index < -0.39 is 6.10 Å². The van der Waals surface area contributed by atoms with Crippen molar-refractivity contribution >= 4 is 5.97 Å². The van der Waals surface area contributed by atoms with Crippen molar-refractivity contribution in [2.45, 2.75) is 53.2 Å². The largest absolute Gasteiger partial charge is 0.462 e. The predicted octanol–water partition coefficient (Wildman–Crippen LogP) is 2.54. The average molecular weight is 240 g/mol. The number of aliphatic hydroxyl groups excluding tert-OH is 1. The first kappa shape index (κ1) is 14.2. The quantitative estimate of drug-likeness (QED) is 0.609. The maximum atomic E-state index is 11.6. The molecule has 0 saturated carbocycles. The van der Waals surface area contributed by atoms with Crippen LogP contribution in [0.5, 0.6) is 0 Å². The van der Waals surface area contributed by atoms with Gasteiger partial charge >= 0.3 is 5.97 Å². The molecule has 1 N–H and O–H groups in total. The summed E-state index contributed by atoms with van der Waals surface area (Å²) in [6.07, 6.45) is 1.61. The van der Waals surface area contributed by atoms with Gasteiger partial charge in [0, 0.05) is 6.42 Å². The summed E-state index contributed by atoms with van der Waals surface area (Å²) >= 11 is 0. The van der Waals surface area contributed by atoms with Crippen LogP contribution in [-0.2, 0) is 9.53 Å². The number of carbonyl (C=O) groups excluding carboxylic acids is 1. The van der Waals surface area contributed by atoms with E-state index in [1.54, 1.807) is 0 Å². The van der Waals surface area contributed by atoms with E-state index in [2.05, 4.69) is 13.8 Å². The zero-order chi connectivity index (χ0) is 13.2. The van der Waals surface area contributed by atoms with Crippen molar-refractivity contribution in [3.8, 4) is 0 Å². The van der Waals surface area contributed by atoms with Crippen molar-refractivity contribution in [1.29, 1.82) is 0 Å². The maximum absolute atomic E-state index is 11.6. The lowest BCUT2D eigenvalue weighted by Gasteiger charge is -2.37. The lowest BCUT2D eigenvalue weighted by Crippen LogP contribution is -2.43. The van der Waals surface area contributed by atoms with Crippen molar-refractivity contribution in [1.82, 2.24) is 0 Å². The average Bonchev–Trinajstić information content (AvgIpc) is 2.21. The SMILES string of the molecule is CC(C)=C[C@@H](O)C[C@@H]1OC(=O)[C@H](C)[C@@H](C)[C@H]1C. The molecule has 3 heteroatoms. The highest BCUT2D eigenvalue weighted by molar-refractivity contribution is 5.73. The summed E-state index contributed by atoms with van der Waals surface area (Å²) in [7, 11) is 0. The van der Waals surface area contributed by atoms with E-state index in [-0.39, 0.29) is 18.0 Å². The van der Waals surface area contributed by atoms with Crippen LogP contribution in [0, 0.1) is 17.8 Å². The van der Waals surface area contributed by atoms with Crippen molar-refractivity contribution in [3.05, 3.63) is 11.6 Å². The Labute approximate surface area is 104 Å². The minimum Gasteiger partial charge on any atom is -0.462 e. The van der Waals surface area contributed by atoms with Crippen LogP contribution in [0.1, 0.15) is 41.0 Å². The van der Waals surface area contributed by atoms with Gasteiger partial charge in [-0.05, 0) is 25.7 Å². The van der Waals surface area contributed by atoms with Gasteiger partial charge < -0.3 is 9.84 Å². The first-order valence-electron chi connectivity index (χ1n) is 6.36. The fraction of sp³-hybridized carbons (Fsp3) is 0.786. The second-order valence-corrected chi connectivity index (χ2v) is 5.53. The number of rotatable bonds is 3. The third-order valence-corrected chi connectivity index (χ3v) is 3.84. The van der Waals surface area contributed by atoms with E-state index in [0.29, 0.717) is 18.3 Å². The summed E-state index contributed by atoms with van der Waals surface area (Å²) in [5.41, 5.74) is 1.08. The zero-order valence-corrected chi connectivity index (χ0v) is 11.4. The molecule has 17 heavy (non-hydrogen) atoms. The summed E-state index contributed by atoms with van der Waals surface area (Å²) in [6, 6.07) is 0. The number of esters is 1. The van der Waals surface area contributed by atoms with E-state index in [9.17, 15) is 9.90 Å². The molecule has 0 bridgehead atoms. The van der Waals surface area contributed by atoms with Gasteiger partial charge in [0.05, 0.1) is 12.0 Å². The zero-order valence-electron chi connectivity index (χ0n) is 11.4. The van der Waals surface area contributed by atoms with Gasteiger partial charge in [-0.2, -0.15) is 0 Å². The predicted molar refractivity (Wildman–Crippen MR) is 67.4 cm³/mol. The number of cyclic esters (lactones) is 1. The van der Waals surface area contributed by atoms with Gasteiger partial charge in [-0.1, -0.05) is 32.4 Å². The Morgan fingerprint density at radius 3 is 2.47 bits per heavy atom. The van der Waals surface area contributed by atoms with Crippen LogP contribution >= 0.6 is 0 Å². The lowest BCUT2D eigenvalue weighted by molar-refractivity contribution is -0.171. The van der Waals surface area contributed by atoms with Crippen molar-refractivity contribution in [2.24, 2.45) is 17.8 Å². The Kier molecular flexibility index (Phi) is 4.75. The van der Waals surface area contributed by atoms with Gasteiger partial charge in [0.15, 0.2) is 0 Å². The van der Waals surface area contributed by atoms with Gasteiger partial charge in [-0.15, -0.1) is 0 Å². The first-order valence-corrected chi connectivity index (χ1v) is 6.36. The molecule has 1 rings (SSSR count). The van der Waals surface area contributed by atoms with Crippen LogP contribution < -0.4 is 0 Å². The van der Waals surface area contributed by atoms with Gasteiger partial charge in [0.1, 0.15) is 6.10 Å². The molecule has 0 radical (unpaired) electrons. The lowest BCUT2D eigenvalue weighted by atomic mass is 9.78. The molecule has 0 aliphatic carbocycles. The molecule has 0 aromatic carbocycles. The van der Waals surface area contributed by atoms with E-state index in [1.165, 1.54) is 0 Å². The smallest absolute Gasteiger partial charge is 0.309 e. The van der Waals surface area contributed by atoms with Crippen molar-refractivity contribution < 1.29 is 14.6 Å². The molecule has 0 spiro atoms. The fourth-order valence-electron chi connectivity index (χ4n) is 2.33. The van der Waals surface area contributed by atoms with Crippen LogP contribution in [0.2, 0.25) is 0 Å². The molecule has 0 unspecified atom stereocenters. The Balaban J connectivity index is 2.65. The third-order valence-electron chi connectivity index (χ3n) is 3.84. The molecule has 1 aliphatic heterocycles. The number of allylic oxidation sites excluding steroid dienone is 1. The van der Waals surface area contributed by atoms with Crippen LogP contribution in [0.25, 0.3) is 0 Å². The van der Waals surface area contributed by atoms with Crippen LogP contribution in [0.3, 0.4) is 0 Å². The van der Waals surface area contributed by atoms with E-state index in [4.69, 9.17) is 4.74 Å². The summed E-state index contributed by atoms with van der Waals surface area (Å²) in [6.45, 7) is 9.98. The number of hydrogen-bond donors (Lipinski definition) is 1. The molecule has 98 valence electrons. The number of aliphatic hydroxyl groups is 1. The molecule has 1 heterocycles. The molecule has 0 aromatic heterocycles. The molecular formula is C14H24O3. The maximum Gasteiger partial charge on any atom is 0.309 e. The van der Waals surface area contributed by atoms with Gasteiger partial charge in [0.25, 0.3) is 0 Å². The normalized spacial score (nSPS) is 35.1. The summed E-state index contributed by atoms with van der Waals surface area (Å²) in [5.74, 6) is 0.426. The van der Waals surface area contributed by atoms with Crippen molar-refractivity contribution in [3.63, 3.8) is 0 Å². The highest BCUT2D eigenvalue weighted by Crippen LogP contribution is 2.33. The van der Waals surface area contributed by atoms with Crippen LogP contribution in [-0.4, -0.2) is 23.3 Å². The monoisotopic (exact) mass is 240 g/mol. The van der Waals surface area contributed by atoms with E-state index >= 15 is 0 Å². The summed E-state index contributed by atoms with van der Waals surface area (Å²) in [5, 5.41) is 9.86. The van der Waals surface area contributed by atoms with Crippen LogP contribution in [0.4, 0.5) is 0 Å². The summed E-state index contributed by atoms with van der Waals surface area (Å²) < 4.78 is 5.41.